The van der Waals surface area contributed by atoms with E-state index in [2.05, 4.69) is 167 Å². The first kappa shape index (κ1) is 52.1. The van der Waals surface area contributed by atoms with Crippen LogP contribution >= 0.6 is 0 Å². The molecule has 12 aromatic carbocycles. The lowest BCUT2D eigenvalue weighted by Gasteiger charge is -2.20. The van der Waals surface area contributed by atoms with Crippen LogP contribution in [-0.2, 0) is 0 Å². The van der Waals surface area contributed by atoms with Gasteiger partial charge in [0.05, 0.1) is 91.4 Å². The lowest BCUT2D eigenvalue weighted by Crippen LogP contribution is -2.02. The van der Waals surface area contributed by atoms with E-state index < -0.39 is 0 Å². The molecule has 0 N–H and O–H groups in total. The Bertz CT molecular complexity index is 5220. The van der Waals surface area contributed by atoms with Crippen LogP contribution in [-0.4, -0.2) is 19.1 Å². The van der Waals surface area contributed by atoms with Crippen molar-refractivity contribution in [3.05, 3.63) is 301 Å². The first-order chi connectivity index (χ1) is 43.5. The molecule has 0 aliphatic carbocycles. The largest absolute Gasteiger partial charge is 0.309 e. The van der Waals surface area contributed by atoms with Gasteiger partial charge in [0.1, 0.15) is 0 Å². The molecule has 0 amide bonds. The SMILES string of the molecule is N#Cc1ccccc1-c1ccc2c(c1)c1cc(-c3ccccc3C#N)ccc1n2-c1ccccc1-c1cc(-c2cc(-c3ccccc3)nc(-c3ccccc3)n2)ccc1-n1c2ccc(-c3ccccc3C#N)cc2c2cc(-c3ccccc3C#N)ccc21. The average molecular weight is 1120 g/mol. The Kier molecular flexibility index (Phi) is 12.9. The van der Waals surface area contributed by atoms with E-state index in [1.165, 1.54) is 0 Å². The van der Waals surface area contributed by atoms with Gasteiger partial charge in [0.15, 0.2) is 5.82 Å². The maximum Gasteiger partial charge on any atom is 0.160 e. The monoisotopic (exact) mass is 1120 g/mol. The summed E-state index contributed by atoms with van der Waals surface area (Å²) in [6.45, 7) is 0. The highest BCUT2D eigenvalue weighted by Crippen LogP contribution is 2.46. The lowest BCUT2D eigenvalue weighted by molar-refractivity contribution is 1.16. The highest BCUT2D eigenvalue weighted by Gasteiger charge is 2.24. The summed E-state index contributed by atoms with van der Waals surface area (Å²) in [4.78, 5) is 10.5. The molecular formula is C80H46N8. The topological polar surface area (TPSA) is 131 Å². The number of rotatable bonds is 10. The van der Waals surface area contributed by atoms with E-state index in [0.29, 0.717) is 28.1 Å². The molecule has 0 unspecified atom stereocenters. The molecule has 0 aliphatic rings. The summed E-state index contributed by atoms with van der Waals surface area (Å²) in [5.41, 5.74) is 21.0. The molecule has 406 valence electrons. The molecule has 0 saturated heterocycles. The molecule has 3 aromatic heterocycles. The molecule has 0 radical (unpaired) electrons. The maximum absolute atomic E-state index is 10.4. The van der Waals surface area contributed by atoms with E-state index in [0.717, 1.165) is 139 Å². The Balaban J connectivity index is 1.03. The molecule has 0 saturated carbocycles. The van der Waals surface area contributed by atoms with Crippen molar-refractivity contribution < 1.29 is 0 Å². The van der Waals surface area contributed by atoms with Crippen molar-refractivity contribution in [2.45, 2.75) is 0 Å². The fraction of sp³-hybridized carbons (Fsp3) is 0. The van der Waals surface area contributed by atoms with Gasteiger partial charge in [0.25, 0.3) is 0 Å². The molecule has 8 heteroatoms. The molecule has 3 heterocycles. The number of para-hydroxylation sites is 1. The summed E-state index contributed by atoms with van der Waals surface area (Å²) in [5, 5.41) is 45.3. The van der Waals surface area contributed by atoms with E-state index >= 15 is 0 Å². The minimum atomic E-state index is 0.579. The van der Waals surface area contributed by atoms with Crippen molar-refractivity contribution in [2.24, 2.45) is 0 Å². The van der Waals surface area contributed by atoms with Gasteiger partial charge < -0.3 is 9.13 Å². The van der Waals surface area contributed by atoms with Gasteiger partial charge in [-0.25, -0.2) is 9.97 Å². The second-order valence-corrected chi connectivity index (χ2v) is 21.7. The van der Waals surface area contributed by atoms with E-state index in [-0.39, 0.29) is 0 Å². The second kappa shape index (κ2) is 21.8. The molecular weight excluding hydrogens is 1070 g/mol. The van der Waals surface area contributed by atoms with Gasteiger partial charge in [-0.3, -0.25) is 0 Å². The van der Waals surface area contributed by atoms with Crippen molar-refractivity contribution in [1.82, 2.24) is 19.1 Å². The third-order valence-corrected chi connectivity index (χ3v) is 16.8. The Morgan fingerprint density at radius 2 is 0.557 bits per heavy atom. The highest BCUT2D eigenvalue weighted by atomic mass is 15.0. The zero-order valence-electron chi connectivity index (χ0n) is 47.1. The number of benzene rings is 12. The summed E-state index contributed by atoms with van der Waals surface area (Å²) < 4.78 is 4.68. The minimum absolute atomic E-state index is 0.579. The van der Waals surface area contributed by atoms with Crippen molar-refractivity contribution in [3.8, 4) is 125 Å². The van der Waals surface area contributed by atoms with Crippen LogP contribution in [0.15, 0.2) is 279 Å². The Labute approximate surface area is 507 Å². The third kappa shape index (κ3) is 8.91. The van der Waals surface area contributed by atoms with E-state index in [1.54, 1.807) is 0 Å². The van der Waals surface area contributed by atoms with Gasteiger partial charge in [-0.1, -0.05) is 182 Å². The lowest BCUT2D eigenvalue weighted by atomic mass is 9.96. The van der Waals surface area contributed by atoms with Crippen LogP contribution in [0.1, 0.15) is 22.3 Å². The van der Waals surface area contributed by atoms with Crippen molar-refractivity contribution in [3.63, 3.8) is 0 Å². The number of fused-ring (bicyclic) bond motifs is 6. The van der Waals surface area contributed by atoms with Crippen LogP contribution in [0.25, 0.3) is 145 Å². The molecule has 0 spiro atoms. The summed E-state index contributed by atoms with van der Waals surface area (Å²) in [5.74, 6) is 0.603. The summed E-state index contributed by atoms with van der Waals surface area (Å²) in [6, 6.07) is 104. The average Bonchev–Trinajstić information content (AvgIpc) is 1.61. The van der Waals surface area contributed by atoms with Crippen molar-refractivity contribution in [2.75, 3.05) is 0 Å². The molecule has 15 rings (SSSR count). The number of nitrogens with zero attached hydrogens (tertiary/aromatic N) is 8. The molecule has 8 nitrogen and oxygen atoms in total. The van der Waals surface area contributed by atoms with Gasteiger partial charge in [0, 0.05) is 49.4 Å². The van der Waals surface area contributed by atoms with Crippen molar-refractivity contribution in [1.29, 1.82) is 21.0 Å². The summed E-state index contributed by atoms with van der Waals surface area (Å²) in [7, 11) is 0. The zero-order valence-corrected chi connectivity index (χ0v) is 47.1. The Hall–Kier alpha value is -12.7. The van der Waals surface area contributed by atoms with E-state index in [1.807, 2.05) is 146 Å². The van der Waals surface area contributed by atoms with Gasteiger partial charge in [-0.15, -0.1) is 0 Å². The third-order valence-electron chi connectivity index (χ3n) is 16.8. The van der Waals surface area contributed by atoms with Crippen LogP contribution in [0.4, 0.5) is 0 Å². The second-order valence-electron chi connectivity index (χ2n) is 21.7. The van der Waals surface area contributed by atoms with E-state index in [9.17, 15) is 21.0 Å². The number of hydrogen-bond donors (Lipinski definition) is 0. The highest BCUT2D eigenvalue weighted by molar-refractivity contribution is 6.14. The molecule has 0 fully saturated rings. The van der Waals surface area contributed by atoms with Crippen molar-refractivity contribution >= 4 is 43.6 Å². The number of hydrogen-bond acceptors (Lipinski definition) is 6. The van der Waals surface area contributed by atoms with Crippen LogP contribution in [0.5, 0.6) is 0 Å². The Morgan fingerprint density at radius 3 is 0.955 bits per heavy atom. The molecule has 0 aliphatic heterocycles. The predicted molar refractivity (Wildman–Crippen MR) is 353 cm³/mol. The van der Waals surface area contributed by atoms with Gasteiger partial charge >= 0.3 is 0 Å². The first-order valence-electron chi connectivity index (χ1n) is 28.9. The molecule has 0 atom stereocenters. The molecule has 15 aromatic rings. The normalized spacial score (nSPS) is 11.1. The zero-order chi connectivity index (χ0) is 59.2. The Morgan fingerprint density at radius 1 is 0.239 bits per heavy atom. The number of nitriles is 4. The van der Waals surface area contributed by atoms with Gasteiger partial charge in [-0.05, 0) is 142 Å². The number of aromatic nitrogens is 4. The minimum Gasteiger partial charge on any atom is -0.309 e. The standard InChI is InChI=1S/C80H46N8/c81-47-58-21-7-11-25-62(58)53-31-36-76-68(41-53)69-42-54(63-26-12-8-22-59(63)48-82)32-37-77(69)87(76)74-30-16-15-29-66(74)67-45-57(73-46-72(51-17-3-1-4-18-51)85-80(86-73)52-19-5-2-6-20-52)35-40-75(67)88-78-38-33-55(64-27-13-9-23-60(64)49-83)43-70(78)71-44-56(34-39-79(71)88)65-28-14-10-24-61(65)50-84/h1-46H. The van der Waals surface area contributed by atoms with E-state index in [4.69, 9.17) is 9.97 Å². The van der Waals surface area contributed by atoms with Crippen LogP contribution in [0.3, 0.4) is 0 Å². The smallest absolute Gasteiger partial charge is 0.160 e. The molecule has 0 bridgehead atoms. The summed E-state index contributed by atoms with van der Waals surface area (Å²) >= 11 is 0. The quantitative estimate of drug-likeness (QED) is 0.134. The molecule has 88 heavy (non-hydrogen) atoms. The van der Waals surface area contributed by atoms with Crippen LogP contribution in [0, 0.1) is 45.3 Å². The first-order valence-corrected chi connectivity index (χ1v) is 28.9. The van der Waals surface area contributed by atoms with Crippen LogP contribution in [0.2, 0.25) is 0 Å². The summed E-state index contributed by atoms with van der Waals surface area (Å²) in [6.07, 6.45) is 0. The fourth-order valence-electron chi connectivity index (χ4n) is 12.6. The van der Waals surface area contributed by atoms with Gasteiger partial charge in [-0.2, -0.15) is 21.0 Å². The van der Waals surface area contributed by atoms with Gasteiger partial charge in [0.2, 0.25) is 0 Å². The predicted octanol–water partition coefficient (Wildman–Crippen LogP) is 19.5. The van der Waals surface area contributed by atoms with Crippen LogP contribution < -0.4 is 0 Å². The maximum atomic E-state index is 10.4. The fourth-order valence-corrected chi connectivity index (χ4v) is 12.6.